The Hall–Kier alpha value is -3.14. The molecule has 1 atom stereocenters. The van der Waals surface area contributed by atoms with Gasteiger partial charge < -0.3 is 9.80 Å². The standard InChI is InChI=1S/C26H31N5O3S/c1-30(2)17-20-4-3-5-22(14-20)21-6-8-24(9-7-21)35(34)18-19-10-12-31(13-11-19)26-27-15-23(16-28-26)25(32)29-33/h3-9,14-16,19,33H,10-13,17-18H2,1-2H3,(H,29,32). The molecular formula is C26H31N5O3S. The summed E-state index contributed by atoms with van der Waals surface area (Å²) in [5.41, 5.74) is 5.34. The van der Waals surface area contributed by atoms with Crippen molar-refractivity contribution in [3.63, 3.8) is 0 Å². The number of carbonyl (C=O) groups is 1. The van der Waals surface area contributed by atoms with Crippen molar-refractivity contribution in [3.8, 4) is 11.1 Å². The maximum absolute atomic E-state index is 13.0. The topological polar surface area (TPSA) is 98.7 Å². The largest absolute Gasteiger partial charge is 0.341 e. The summed E-state index contributed by atoms with van der Waals surface area (Å²) in [4.78, 5) is 25.0. The smallest absolute Gasteiger partial charge is 0.277 e. The predicted octanol–water partition coefficient (Wildman–Crippen LogP) is 3.35. The Bertz CT molecular complexity index is 1160. The van der Waals surface area contributed by atoms with Crippen LogP contribution in [0.4, 0.5) is 5.95 Å². The van der Waals surface area contributed by atoms with Gasteiger partial charge in [0.15, 0.2) is 0 Å². The van der Waals surface area contributed by atoms with Gasteiger partial charge in [0, 0.05) is 42.7 Å². The summed E-state index contributed by atoms with van der Waals surface area (Å²) in [6, 6.07) is 16.6. The molecule has 4 rings (SSSR count). The summed E-state index contributed by atoms with van der Waals surface area (Å²) in [6.07, 6.45) is 4.61. The summed E-state index contributed by atoms with van der Waals surface area (Å²) < 4.78 is 13.0. The van der Waals surface area contributed by atoms with Crippen molar-refractivity contribution in [3.05, 3.63) is 72.1 Å². The molecule has 8 nitrogen and oxygen atoms in total. The van der Waals surface area contributed by atoms with Crippen LogP contribution in [0, 0.1) is 5.92 Å². The number of aromatic nitrogens is 2. The molecule has 1 aliphatic heterocycles. The predicted molar refractivity (Wildman–Crippen MR) is 137 cm³/mol. The highest BCUT2D eigenvalue weighted by Crippen LogP contribution is 2.25. The van der Waals surface area contributed by atoms with Gasteiger partial charge in [-0.25, -0.2) is 15.4 Å². The SMILES string of the molecule is CN(C)Cc1cccc(-c2ccc(S(=O)CC3CCN(c4ncc(C(=O)NO)cn4)CC3)cc2)c1. The molecular weight excluding hydrogens is 462 g/mol. The molecule has 2 aromatic carbocycles. The van der Waals surface area contributed by atoms with E-state index in [1.54, 1.807) is 5.48 Å². The Morgan fingerprint density at radius 2 is 1.77 bits per heavy atom. The Labute approximate surface area is 208 Å². The second-order valence-corrected chi connectivity index (χ2v) is 10.6. The lowest BCUT2D eigenvalue weighted by atomic mass is 9.99. The molecule has 0 aliphatic carbocycles. The van der Waals surface area contributed by atoms with Crippen LogP contribution < -0.4 is 10.4 Å². The normalized spacial score (nSPS) is 15.3. The number of hydrogen-bond acceptors (Lipinski definition) is 7. The summed E-state index contributed by atoms with van der Waals surface area (Å²) in [7, 11) is 3.08. The summed E-state index contributed by atoms with van der Waals surface area (Å²) in [5.74, 6) is 0.934. The number of hydrogen-bond donors (Lipinski definition) is 2. The van der Waals surface area contributed by atoms with Crippen LogP contribution in [0.1, 0.15) is 28.8 Å². The zero-order valence-corrected chi connectivity index (χ0v) is 20.9. The average Bonchev–Trinajstić information content (AvgIpc) is 2.88. The van der Waals surface area contributed by atoms with Crippen LogP contribution in [-0.4, -0.2) is 63.1 Å². The number of benzene rings is 2. The number of nitrogens with zero attached hydrogens (tertiary/aromatic N) is 4. The molecule has 0 radical (unpaired) electrons. The molecule has 184 valence electrons. The van der Waals surface area contributed by atoms with Crippen molar-refractivity contribution in [1.29, 1.82) is 0 Å². The quantitative estimate of drug-likeness (QED) is 0.367. The highest BCUT2D eigenvalue weighted by molar-refractivity contribution is 7.85. The van der Waals surface area contributed by atoms with E-state index in [0.717, 1.165) is 42.9 Å². The molecule has 2 heterocycles. The molecule has 0 bridgehead atoms. The minimum atomic E-state index is -1.05. The molecule has 1 aliphatic rings. The Balaban J connectivity index is 1.31. The number of hydroxylamine groups is 1. The van der Waals surface area contributed by atoms with Crippen LogP contribution in [0.15, 0.2) is 65.8 Å². The van der Waals surface area contributed by atoms with Gasteiger partial charge in [-0.1, -0.05) is 30.3 Å². The maximum Gasteiger partial charge on any atom is 0.277 e. The molecule has 9 heteroatoms. The van der Waals surface area contributed by atoms with E-state index >= 15 is 0 Å². The molecule has 35 heavy (non-hydrogen) atoms. The van der Waals surface area contributed by atoms with Gasteiger partial charge in [-0.2, -0.15) is 0 Å². The van der Waals surface area contributed by atoms with E-state index in [-0.39, 0.29) is 5.56 Å². The number of piperidine rings is 1. The van der Waals surface area contributed by atoms with Crippen molar-refractivity contribution in [2.75, 3.05) is 37.8 Å². The van der Waals surface area contributed by atoms with Gasteiger partial charge in [0.2, 0.25) is 5.95 Å². The fraction of sp³-hybridized carbons (Fsp3) is 0.346. The van der Waals surface area contributed by atoms with E-state index < -0.39 is 16.7 Å². The fourth-order valence-electron chi connectivity index (χ4n) is 4.29. The lowest BCUT2D eigenvalue weighted by Crippen LogP contribution is -2.36. The molecule has 1 aromatic heterocycles. The summed E-state index contributed by atoms with van der Waals surface area (Å²) in [6.45, 7) is 2.44. The minimum Gasteiger partial charge on any atom is -0.341 e. The third-order valence-electron chi connectivity index (χ3n) is 6.16. The van der Waals surface area contributed by atoms with Gasteiger partial charge in [0.25, 0.3) is 5.91 Å². The van der Waals surface area contributed by atoms with Gasteiger partial charge in [-0.05, 0) is 67.7 Å². The number of rotatable bonds is 8. The van der Waals surface area contributed by atoms with Crippen LogP contribution in [0.2, 0.25) is 0 Å². The van der Waals surface area contributed by atoms with E-state index in [2.05, 4.69) is 70.3 Å². The van der Waals surface area contributed by atoms with Crippen LogP contribution in [0.3, 0.4) is 0 Å². The average molecular weight is 494 g/mol. The van der Waals surface area contributed by atoms with Crippen LogP contribution in [0.25, 0.3) is 11.1 Å². The van der Waals surface area contributed by atoms with E-state index in [0.29, 0.717) is 17.6 Å². The molecule has 2 N–H and O–H groups in total. The van der Waals surface area contributed by atoms with E-state index in [1.807, 2.05) is 12.1 Å². The number of nitrogens with one attached hydrogen (secondary N) is 1. The Morgan fingerprint density at radius 3 is 2.40 bits per heavy atom. The molecule has 0 spiro atoms. The van der Waals surface area contributed by atoms with Crippen molar-refractivity contribution < 1.29 is 14.2 Å². The monoisotopic (exact) mass is 493 g/mol. The number of amides is 1. The molecule has 0 saturated carbocycles. The van der Waals surface area contributed by atoms with Crippen molar-refractivity contribution in [2.24, 2.45) is 5.92 Å². The zero-order chi connectivity index (χ0) is 24.8. The minimum absolute atomic E-state index is 0.203. The second-order valence-electron chi connectivity index (χ2n) is 9.12. The molecule has 1 saturated heterocycles. The van der Waals surface area contributed by atoms with Crippen molar-refractivity contribution >= 4 is 22.7 Å². The maximum atomic E-state index is 13.0. The lowest BCUT2D eigenvalue weighted by Gasteiger charge is -2.31. The van der Waals surface area contributed by atoms with Crippen LogP contribution in [-0.2, 0) is 17.3 Å². The first kappa shape index (κ1) is 25.0. The van der Waals surface area contributed by atoms with Crippen molar-refractivity contribution in [1.82, 2.24) is 20.3 Å². The fourth-order valence-corrected chi connectivity index (χ4v) is 5.68. The number of anilines is 1. The molecule has 1 amide bonds. The Kier molecular flexibility index (Phi) is 8.22. The van der Waals surface area contributed by atoms with E-state index in [9.17, 15) is 9.00 Å². The van der Waals surface area contributed by atoms with Crippen LogP contribution >= 0.6 is 0 Å². The highest BCUT2D eigenvalue weighted by Gasteiger charge is 2.23. The summed E-state index contributed by atoms with van der Waals surface area (Å²) in [5, 5.41) is 8.70. The van der Waals surface area contributed by atoms with Gasteiger partial charge in [-0.15, -0.1) is 0 Å². The second kappa shape index (κ2) is 11.5. The van der Waals surface area contributed by atoms with Gasteiger partial charge in [0.05, 0.1) is 16.4 Å². The zero-order valence-electron chi connectivity index (χ0n) is 20.1. The molecule has 3 aromatic rings. The van der Waals surface area contributed by atoms with E-state index in [1.165, 1.54) is 23.5 Å². The number of carbonyl (C=O) groups excluding carboxylic acids is 1. The summed E-state index contributed by atoms with van der Waals surface area (Å²) >= 11 is 0. The first-order chi connectivity index (χ1) is 16.9. The van der Waals surface area contributed by atoms with Gasteiger partial charge in [-0.3, -0.25) is 14.2 Å². The van der Waals surface area contributed by atoms with Crippen LogP contribution in [0.5, 0.6) is 0 Å². The molecule has 1 unspecified atom stereocenters. The first-order valence-electron chi connectivity index (χ1n) is 11.7. The first-order valence-corrected chi connectivity index (χ1v) is 13.0. The third-order valence-corrected chi connectivity index (χ3v) is 7.73. The van der Waals surface area contributed by atoms with E-state index in [4.69, 9.17) is 5.21 Å². The molecule has 1 fully saturated rings. The third kappa shape index (κ3) is 6.50. The van der Waals surface area contributed by atoms with Gasteiger partial charge >= 0.3 is 0 Å². The van der Waals surface area contributed by atoms with Gasteiger partial charge in [0.1, 0.15) is 0 Å². The van der Waals surface area contributed by atoms with Crippen molar-refractivity contribution in [2.45, 2.75) is 24.3 Å². The highest BCUT2D eigenvalue weighted by atomic mass is 32.2. The lowest BCUT2D eigenvalue weighted by molar-refractivity contribution is 0.0705. The Morgan fingerprint density at radius 1 is 1.09 bits per heavy atom.